The van der Waals surface area contributed by atoms with Gasteiger partial charge in [-0.05, 0) is 44.8 Å². The second-order valence-corrected chi connectivity index (χ2v) is 6.21. The van der Waals surface area contributed by atoms with E-state index in [0.29, 0.717) is 23.2 Å². The van der Waals surface area contributed by atoms with Gasteiger partial charge in [-0.1, -0.05) is 24.6 Å². The van der Waals surface area contributed by atoms with Crippen molar-refractivity contribution in [1.82, 2.24) is 14.7 Å². The van der Waals surface area contributed by atoms with Crippen molar-refractivity contribution >= 4 is 17.4 Å². The number of ketones is 1. The molecule has 0 spiro atoms. The predicted molar refractivity (Wildman–Crippen MR) is 81.2 cm³/mol. The van der Waals surface area contributed by atoms with E-state index in [1.54, 1.807) is 10.9 Å². The highest BCUT2D eigenvalue weighted by Gasteiger charge is 2.23. The molecule has 0 bridgehead atoms. The molecule has 1 unspecified atom stereocenters. The molecule has 0 N–H and O–H groups in total. The van der Waals surface area contributed by atoms with Crippen molar-refractivity contribution in [3.05, 3.63) is 28.6 Å². The summed E-state index contributed by atoms with van der Waals surface area (Å²) < 4.78 is 1.73. The number of likely N-dealkylation sites (N-methyl/N-ethyl adjacent to an activating group) is 1. The van der Waals surface area contributed by atoms with E-state index in [1.165, 1.54) is 0 Å². The molecule has 0 radical (unpaired) electrons. The summed E-state index contributed by atoms with van der Waals surface area (Å²) in [6.45, 7) is 3.71. The second-order valence-electron chi connectivity index (χ2n) is 5.81. The number of aromatic nitrogens is 2. The summed E-state index contributed by atoms with van der Waals surface area (Å²) in [4.78, 5) is 14.7. The van der Waals surface area contributed by atoms with Crippen LogP contribution in [-0.2, 0) is 6.54 Å². The van der Waals surface area contributed by atoms with E-state index in [2.05, 4.69) is 23.0 Å². The summed E-state index contributed by atoms with van der Waals surface area (Å²) in [5.74, 6) is 0.707. The first-order chi connectivity index (χ1) is 9.49. The van der Waals surface area contributed by atoms with Crippen LogP contribution in [0.4, 0.5) is 0 Å². The van der Waals surface area contributed by atoms with E-state index in [0.717, 1.165) is 31.4 Å². The molecule has 0 amide bonds. The number of hydrogen-bond donors (Lipinski definition) is 0. The minimum absolute atomic E-state index is 0.0400. The first-order valence-corrected chi connectivity index (χ1v) is 7.46. The van der Waals surface area contributed by atoms with Gasteiger partial charge in [0.1, 0.15) is 5.69 Å². The standard InChI is InChI=1S/C15H22ClN3O/c1-11-4-6-12(7-5-11)15(20)14-13(16)10-17-19(14)9-8-18(2)3/h6,10-11H,4-5,7-9H2,1-3H3. The van der Waals surface area contributed by atoms with Gasteiger partial charge in [0.2, 0.25) is 5.78 Å². The lowest BCUT2D eigenvalue weighted by Gasteiger charge is -2.18. The van der Waals surface area contributed by atoms with Gasteiger partial charge in [-0.15, -0.1) is 0 Å². The quantitative estimate of drug-likeness (QED) is 0.784. The van der Waals surface area contributed by atoms with Crippen LogP contribution in [0.25, 0.3) is 0 Å². The monoisotopic (exact) mass is 295 g/mol. The Balaban J connectivity index is 2.19. The van der Waals surface area contributed by atoms with Crippen LogP contribution in [0, 0.1) is 5.92 Å². The average molecular weight is 296 g/mol. The molecule has 0 aromatic carbocycles. The van der Waals surface area contributed by atoms with Gasteiger partial charge in [-0.25, -0.2) is 0 Å². The molecule has 5 heteroatoms. The number of nitrogens with zero attached hydrogens (tertiary/aromatic N) is 3. The molecule has 1 aliphatic carbocycles. The summed E-state index contributed by atoms with van der Waals surface area (Å²) in [5.41, 5.74) is 1.42. The van der Waals surface area contributed by atoms with E-state index in [9.17, 15) is 4.79 Å². The Morgan fingerprint density at radius 3 is 2.90 bits per heavy atom. The fraction of sp³-hybridized carbons (Fsp3) is 0.600. The van der Waals surface area contributed by atoms with Crippen LogP contribution in [0.3, 0.4) is 0 Å². The number of carbonyl (C=O) groups excluding carboxylic acids is 1. The summed E-state index contributed by atoms with van der Waals surface area (Å²) in [7, 11) is 4.00. The van der Waals surface area contributed by atoms with Crippen LogP contribution in [0.5, 0.6) is 0 Å². The van der Waals surface area contributed by atoms with Gasteiger partial charge in [-0.3, -0.25) is 9.48 Å². The number of halogens is 1. The Morgan fingerprint density at radius 2 is 2.30 bits per heavy atom. The van der Waals surface area contributed by atoms with Crippen molar-refractivity contribution in [2.45, 2.75) is 32.7 Å². The number of rotatable bonds is 5. The summed E-state index contributed by atoms with van der Waals surface area (Å²) >= 11 is 6.16. The fourth-order valence-electron chi connectivity index (χ4n) is 2.38. The van der Waals surface area contributed by atoms with E-state index in [-0.39, 0.29) is 5.78 Å². The molecule has 110 valence electrons. The molecule has 1 aliphatic rings. The maximum absolute atomic E-state index is 12.6. The smallest absolute Gasteiger partial charge is 0.208 e. The fourth-order valence-corrected chi connectivity index (χ4v) is 2.60. The molecule has 1 heterocycles. The summed E-state index contributed by atoms with van der Waals surface area (Å²) in [6, 6.07) is 0. The van der Waals surface area contributed by atoms with Crippen LogP contribution in [0.15, 0.2) is 17.8 Å². The topological polar surface area (TPSA) is 38.1 Å². The largest absolute Gasteiger partial charge is 0.308 e. The zero-order valence-corrected chi connectivity index (χ0v) is 13.2. The number of carbonyl (C=O) groups is 1. The third-order valence-corrected chi connectivity index (χ3v) is 4.01. The van der Waals surface area contributed by atoms with Crippen LogP contribution < -0.4 is 0 Å². The third-order valence-electron chi connectivity index (χ3n) is 3.73. The SMILES string of the molecule is CC1CC=C(C(=O)c2c(Cl)cnn2CCN(C)C)CC1. The van der Waals surface area contributed by atoms with Gasteiger partial charge in [0.25, 0.3) is 0 Å². The molecular weight excluding hydrogens is 274 g/mol. The van der Waals surface area contributed by atoms with Gasteiger partial charge in [-0.2, -0.15) is 5.10 Å². The zero-order chi connectivity index (χ0) is 14.7. The minimum atomic E-state index is 0.0400. The van der Waals surface area contributed by atoms with E-state index < -0.39 is 0 Å². The van der Waals surface area contributed by atoms with Gasteiger partial charge >= 0.3 is 0 Å². The Kier molecular flexibility index (Phi) is 5.00. The normalized spacial score (nSPS) is 19.2. The third kappa shape index (κ3) is 3.49. The number of allylic oxidation sites excluding steroid dienone is 2. The molecule has 1 atom stereocenters. The molecular formula is C15H22ClN3O. The van der Waals surface area contributed by atoms with Crippen molar-refractivity contribution in [3.8, 4) is 0 Å². The number of Topliss-reactive ketones (excluding diaryl/α,β-unsaturated/α-hetero) is 1. The van der Waals surface area contributed by atoms with Crippen LogP contribution in [0.1, 0.15) is 36.7 Å². The minimum Gasteiger partial charge on any atom is -0.308 e. The Morgan fingerprint density at radius 1 is 1.55 bits per heavy atom. The van der Waals surface area contributed by atoms with Gasteiger partial charge in [0.05, 0.1) is 17.8 Å². The zero-order valence-electron chi connectivity index (χ0n) is 12.4. The van der Waals surface area contributed by atoms with Crippen molar-refractivity contribution < 1.29 is 4.79 Å². The Hall–Kier alpha value is -1.13. The molecule has 2 rings (SSSR count). The lowest BCUT2D eigenvalue weighted by Crippen LogP contribution is -2.22. The van der Waals surface area contributed by atoms with Crippen molar-refractivity contribution in [2.75, 3.05) is 20.6 Å². The maximum atomic E-state index is 12.6. The predicted octanol–water partition coefficient (Wildman–Crippen LogP) is 3.03. The highest BCUT2D eigenvalue weighted by molar-refractivity contribution is 6.34. The van der Waals surface area contributed by atoms with Gasteiger partial charge in [0, 0.05) is 6.54 Å². The van der Waals surface area contributed by atoms with E-state index in [1.807, 2.05) is 14.1 Å². The molecule has 0 aliphatic heterocycles. The second kappa shape index (κ2) is 6.55. The molecule has 0 saturated heterocycles. The lowest BCUT2D eigenvalue weighted by molar-refractivity contribution is 0.101. The molecule has 0 fully saturated rings. The molecule has 0 saturated carbocycles. The maximum Gasteiger partial charge on any atom is 0.208 e. The number of hydrogen-bond acceptors (Lipinski definition) is 3. The summed E-state index contributed by atoms with van der Waals surface area (Å²) in [6.07, 6.45) is 6.52. The highest BCUT2D eigenvalue weighted by atomic mass is 35.5. The molecule has 1 aromatic rings. The van der Waals surface area contributed by atoms with Gasteiger partial charge < -0.3 is 4.90 Å². The average Bonchev–Trinajstić information content (AvgIpc) is 2.77. The molecule has 4 nitrogen and oxygen atoms in total. The summed E-state index contributed by atoms with van der Waals surface area (Å²) in [5, 5.41) is 4.68. The molecule has 20 heavy (non-hydrogen) atoms. The lowest BCUT2D eigenvalue weighted by atomic mass is 9.88. The van der Waals surface area contributed by atoms with Crippen molar-refractivity contribution in [3.63, 3.8) is 0 Å². The first kappa shape index (κ1) is 15.3. The molecule has 1 aromatic heterocycles. The first-order valence-electron chi connectivity index (χ1n) is 7.08. The van der Waals surface area contributed by atoms with Crippen LogP contribution in [0.2, 0.25) is 5.02 Å². The highest BCUT2D eigenvalue weighted by Crippen LogP contribution is 2.27. The van der Waals surface area contributed by atoms with Crippen molar-refractivity contribution in [2.24, 2.45) is 5.92 Å². The van der Waals surface area contributed by atoms with E-state index >= 15 is 0 Å². The Labute approximate surface area is 125 Å². The van der Waals surface area contributed by atoms with Crippen LogP contribution >= 0.6 is 11.6 Å². The van der Waals surface area contributed by atoms with Gasteiger partial charge in [0.15, 0.2) is 0 Å². The van der Waals surface area contributed by atoms with E-state index in [4.69, 9.17) is 11.6 Å². The Bertz CT molecular complexity index is 519. The van der Waals surface area contributed by atoms with Crippen molar-refractivity contribution in [1.29, 1.82) is 0 Å². The van der Waals surface area contributed by atoms with Crippen LogP contribution in [-0.4, -0.2) is 41.1 Å².